The lowest BCUT2D eigenvalue weighted by molar-refractivity contribution is -0.137. The minimum absolute atomic E-state index is 0.0748. The topological polar surface area (TPSA) is 109 Å². The lowest BCUT2D eigenvalue weighted by Gasteiger charge is -2.30. The van der Waals surface area contributed by atoms with Gasteiger partial charge < -0.3 is 15.0 Å². The van der Waals surface area contributed by atoms with Gasteiger partial charge in [0.1, 0.15) is 6.54 Å². The summed E-state index contributed by atoms with van der Waals surface area (Å²) in [4.78, 5) is 23.4. The Morgan fingerprint density at radius 3 is 2.56 bits per heavy atom. The van der Waals surface area contributed by atoms with Crippen LogP contribution in [-0.2, 0) is 26.2 Å². The molecule has 1 aromatic carbocycles. The number of hydrogen-bond donors (Lipinski definition) is 2. The van der Waals surface area contributed by atoms with Gasteiger partial charge in [0, 0.05) is 41.8 Å². The number of carboxylic acid groups (broad SMARTS) is 1. The standard InChI is InChI=1S/C18H23N3O5S/c1-2-27(25,26)21-9-6-13(7-10-21)18(24)19-15-3-4-16-14(11-15)5-8-20(16)12-17(22)23/h3-5,8,11,13H,2,6-7,9-10,12H2,1H3,(H,19,24)(H,22,23). The van der Waals surface area contributed by atoms with E-state index in [9.17, 15) is 18.0 Å². The Morgan fingerprint density at radius 2 is 1.93 bits per heavy atom. The number of carbonyl (C=O) groups is 2. The van der Waals surface area contributed by atoms with E-state index < -0.39 is 16.0 Å². The van der Waals surface area contributed by atoms with Crippen LogP contribution in [0.2, 0.25) is 0 Å². The number of piperidine rings is 1. The number of nitrogens with one attached hydrogen (secondary N) is 1. The molecule has 1 fully saturated rings. The highest BCUT2D eigenvalue weighted by Crippen LogP contribution is 2.24. The van der Waals surface area contributed by atoms with E-state index in [-0.39, 0.29) is 24.1 Å². The number of sulfonamides is 1. The van der Waals surface area contributed by atoms with Crippen LogP contribution in [0.3, 0.4) is 0 Å². The Hall–Kier alpha value is -2.39. The van der Waals surface area contributed by atoms with Crippen LogP contribution in [0.1, 0.15) is 19.8 Å². The molecule has 1 aromatic heterocycles. The van der Waals surface area contributed by atoms with Crippen molar-refractivity contribution in [1.29, 1.82) is 0 Å². The number of carbonyl (C=O) groups excluding carboxylic acids is 1. The van der Waals surface area contributed by atoms with E-state index in [1.165, 1.54) is 4.31 Å². The Bertz CT molecular complexity index is 959. The van der Waals surface area contributed by atoms with Crippen molar-refractivity contribution in [2.45, 2.75) is 26.3 Å². The van der Waals surface area contributed by atoms with Gasteiger partial charge in [0.2, 0.25) is 15.9 Å². The predicted molar refractivity (Wildman–Crippen MR) is 102 cm³/mol. The van der Waals surface area contributed by atoms with Crippen LogP contribution in [0, 0.1) is 5.92 Å². The molecular weight excluding hydrogens is 370 g/mol. The molecule has 0 bridgehead atoms. The molecular formula is C18H23N3O5S. The summed E-state index contributed by atoms with van der Waals surface area (Å²) < 4.78 is 26.9. The molecule has 2 aromatic rings. The molecule has 0 spiro atoms. The molecule has 9 heteroatoms. The van der Waals surface area contributed by atoms with E-state index in [0.29, 0.717) is 31.6 Å². The number of benzene rings is 1. The average molecular weight is 393 g/mol. The number of aromatic nitrogens is 1. The Balaban J connectivity index is 1.64. The van der Waals surface area contributed by atoms with E-state index in [1.54, 1.807) is 29.8 Å². The van der Waals surface area contributed by atoms with Gasteiger partial charge >= 0.3 is 5.97 Å². The number of fused-ring (bicyclic) bond motifs is 1. The largest absolute Gasteiger partial charge is 0.480 e. The first-order chi connectivity index (χ1) is 12.8. The van der Waals surface area contributed by atoms with Crippen LogP contribution in [0.5, 0.6) is 0 Å². The molecule has 0 radical (unpaired) electrons. The highest BCUT2D eigenvalue weighted by atomic mass is 32.2. The van der Waals surface area contributed by atoms with Crippen LogP contribution < -0.4 is 5.32 Å². The third-order valence-corrected chi connectivity index (χ3v) is 6.81. The molecule has 2 heterocycles. The maximum Gasteiger partial charge on any atom is 0.323 e. The van der Waals surface area contributed by atoms with Crippen molar-refractivity contribution in [2.24, 2.45) is 5.92 Å². The van der Waals surface area contributed by atoms with Crippen LogP contribution in [0.15, 0.2) is 30.5 Å². The molecule has 2 N–H and O–H groups in total. The van der Waals surface area contributed by atoms with E-state index in [1.807, 2.05) is 12.1 Å². The zero-order valence-corrected chi connectivity index (χ0v) is 15.9. The Labute approximate surface area is 157 Å². The quantitative estimate of drug-likeness (QED) is 0.777. The van der Waals surface area contributed by atoms with Crippen LogP contribution in [-0.4, -0.2) is 53.1 Å². The number of rotatable bonds is 6. The minimum Gasteiger partial charge on any atom is -0.480 e. The molecule has 0 unspecified atom stereocenters. The fourth-order valence-electron chi connectivity index (χ4n) is 3.38. The third-order valence-electron chi connectivity index (χ3n) is 4.93. The zero-order chi connectivity index (χ0) is 19.6. The summed E-state index contributed by atoms with van der Waals surface area (Å²) >= 11 is 0. The summed E-state index contributed by atoms with van der Waals surface area (Å²) in [6, 6.07) is 7.14. The molecule has 1 aliphatic heterocycles. The van der Waals surface area contributed by atoms with Crippen molar-refractivity contribution in [3.05, 3.63) is 30.5 Å². The van der Waals surface area contributed by atoms with E-state index in [2.05, 4.69) is 5.32 Å². The highest BCUT2D eigenvalue weighted by Gasteiger charge is 2.30. The molecule has 27 heavy (non-hydrogen) atoms. The van der Waals surface area contributed by atoms with Gasteiger partial charge in [0.25, 0.3) is 0 Å². The second kappa shape index (κ2) is 7.69. The van der Waals surface area contributed by atoms with Gasteiger partial charge in [0.05, 0.1) is 5.75 Å². The number of anilines is 1. The van der Waals surface area contributed by atoms with Gasteiger partial charge in [-0.2, -0.15) is 0 Å². The number of carboxylic acids is 1. The summed E-state index contributed by atoms with van der Waals surface area (Å²) in [5.41, 5.74) is 1.43. The summed E-state index contributed by atoms with van der Waals surface area (Å²) in [5, 5.41) is 12.7. The average Bonchev–Trinajstić information content (AvgIpc) is 3.03. The van der Waals surface area contributed by atoms with E-state index in [0.717, 1.165) is 10.9 Å². The monoisotopic (exact) mass is 393 g/mol. The molecule has 0 aliphatic carbocycles. The van der Waals surface area contributed by atoms with Crippen LogP contribution in [0.25, 0.3) is 10.9 Å². The fourth-order valence-corrected chi connectivity index (χ4v) is 4.52. The highest BCUT2D eigenvalue weighted by molar-refractivity contribution is 7.89. The van der Waals surface area contributed by atoms with Crippen LogP contribution in [0.4, 0.5) is 5.69 Å². The first-order valence-electron chi connectivity index (χ1n) is 8.89. The summed E-state index contributed by atoms with van der Waals surface area (Å²) in [6.45, 7) is 2.24. The summed E-state index contributed by atoms with van der Waals surface area (Å²) in [7, 11) is -3.20. The van der Waals surface area contributed by atoms with Crippen molar-refractivity contribution in [3.8, 4) is 0 Å². The zero-order valence-electron chi connectivity index (χ0n) is 15.1. The first-order valence-corrected chi connectivity index (χ1v) is 10.5. The Morgan fingerprint density at radius 1 is 1.22 bits per heavy atom. The van der Waals surface area contributed by atoms with Crippen molar-refractivity contribution >= 4 is 38.5 Å². The lowest BCUT2D eigenvalue weighted by atomic mass is 9.97. The maximum atomic E-state index is 12.5. The molecule has 1 saturated heterocycles. The van der Waals surface area contributed by atoms with Gasteiger partial charge in [0.15, 0.2) is 0 Å². The van der Waals surface area contributed by atoms with Crippen molar-refractivity contribution < 1.29 is 23.1 Å². The number of hydrogen-bond acceptors (Lipinski definition) is 4. The maximum absolute atomic E-state index is 12.5. The first kappa shape index (κ1) is 19.4. The Kier molecular flexibility index (Phi) is 5.52. The normalized spacial score (nSPS) is 16.5. The van der Waals surface area contributed by atoms with E-state index >= 15 is 0 Å². The molecule has 0 atom stereocenters. The molecule has 0 saturated carbocycles. The SMILES string of the molecule is CCS(=O)(=O)N1CCC(C(=O)Nc2ccc3c(ccn3CC(=O)O)c2)CC1. The predicted octanol–water partition coefficient (Wildman–Crippen LogP) is 1.73. The van der Waals surface area contributed by atoms with Crippen molar-refractivity contribution in [1.82, 2.24) is 8.87 Å². The van der Waals surface area contributed by atoms with Gasteiger partial charge in [-0.15, -0.1) is 0 Å². The molecule has 1 aliphatic rings. The number of nitrogens with zero attached hydrogens (tertiary/aromatic N) is 2. The van der Waals surface area contributed by atoms with Crippen LogP contribution >= 0.6 is 0 Å². The molecule has 8 nitrogen and oxygen atoms in total. The number of aliphatic carboxylic acids is 1. The summed E-state index contributed by atoms with van der Waals surface area (Å²) in [5.74, 6) is -1.18. The second-order valence-corrected chi connectivity index (χ2v) is 8.93. The van der Waals surface area contributed by atoms with Crippen molar-refractivity contribution in [2.75, 3.05) is 24.2 Å². The van der Waals surface area contributed by atoms with Gasteiger partial charge in [-0.3, -0.25) is 9.59 Å². The van der Waals surface area contributed by atoms with Gasteiger partial charge in [-0.25, -0.2) is 12.7 Å². The molecule has 1 amide bonds. The minimum atomic E-state index is -3.20. The molecule has 146 valence electrons. The number of amides is 1. The van der Waals surface area contributed by atoms with E-state index in [4.69, 9.17) is 5.11 Å². The van der Waals surface area contributed by atoms with Gasteiger partial charge in [-0.05, 0) is 44.0 Å². The van der Waals surface area contributed by atoms with Gasteiger partial charge in [-0.1, -0.05) is 0 Å². The third kappa shape index (κ3) is 4.30. The molecule has 3 rings (SSSR count). The lowest BCUT2D eigenvalue weighted by Crippen LogP contribution is -2.42. The second-order valence-electron chi connectivity index (χ2n) is 6.67. The van der Waals surface area contributed by atoms with Crippen molar-refractivity contribution in [3.63, 3.8) is 0 Å². The smallest absolute Gasteiger partial charge is 0.323 e. The fraction of sp³-hybridized carbons (Fsp3) is 0.444. The summed E-state index contributed by atoms with van der Waals surface area (Å²) in [6.07, 6.45) is 2.71.